The third-order valence-corrected chi connectivity index (χ3v) is 9.92. The minimum Gasteiger partial charge on any atom is -0.497 e. The highest BCUT2D eigenvalue weighted by molar-refractivity contribution is 6.21. The molecule has 55 heavy (non-hydrogen) atoms. The van der Waals surface area contributed by atoms with Gasteiger partial charge in [0.15, 0.2) is 0 Å². The number of hydrogen-bond donors (Lipinski definition) is 1. The number of fused-ring (bicyclic) bond motifs is 1. The van der Waals surface area contributed by atoms with E-state index in [9.17, 15) is 24.0 Å². The van der Waals surface area contributed by atoms with E-state index in [0.717, 1.165) is 21.6 Å². The second kappa shape index (κ2) is 17.9. The standard InChI is InChI=1S/C42H43N3O9.CH4/c1-43-37(46)21-22-39(48)54-34-25-31(45(26-34)38(47)23-24-44-40(49)35-11-7-8-12-36(35)41(44)50)27-53-42(28-9-5-4-6-10-28,29-13-17-32(51-2)18-14-29)30-15-19-33(52-3)20-16-30;/h4-20,31,34H,21-27H2,1-3H3,(H,43,46);1H4/t31-,34+;/m0./s1. The summed E-state index contributed by atoms with van der Waals surface area (Å²) in [6.45, 7) is -0.0143. The number of nitrogens with one attached hydrogen (secondary N) is 1. The quantitative estimate of drug-likeness (QED) is 0.0965. The summed E-state index contributed by atoms with van der Waals surface area (Å²) in [4.78, 5) is 67.5. The Balaban J connectivity index is 0.00000580. The maximum absolute atomic E-state index is 14.1. The Morgan fingerprint density at radius 2 is 1.25 bits per heavy atom. The number of ether oxygens (including phenoxy) is 4. The van der Waals surface area contributed by atoms with Crippen molar-refractivity contribution in [1.82, 2.24) is 15.1 Å². The molecule has 4 aromatic carbocycles. The highest BCUT2D eigenvalue weighted by Crippen LogP contribution is 2.42. The van der Waals surface area contributed by atoms with E-state index in [4.69, 9.17) is 18.9 Å². The lowest BCUT2D eigenvalue weighted by molar-refractivity contribution is -0.150. The van der Waals surface area contributed by atoms with Crippen LogP contribution >= 0.6 is 0 Å². The number of esters is 1. The van der Waals surface area contributed by atoms with E-state index in [-0.39, 0.29) is 64.6 Å². The molecule has 1 N–H and O–H groups in total. The largest absolute Gasteiger partial charge is 0.497 e. The van der Waals surface area contributed by atoms with Crippen LogP contribution in [-0.4, -0.2) is 92.5 Å². The molecule has 0 bridgehead atoms. The molecule has 0 spiro atoms. The van der Waals surface area contributed by atoms with Gasteiger partial charge < -0.3 is 29.2 Å². The molecule has 0 saturated carbocycles. The van der Waals surface area contributed by atoms with Crippen LogP contribution in [0.4, 0.5) is 0 Å². The van der Waals surface area contributed by atoms with Crippen molar-refractivity contribution >= 4 is 29.6 Å². The molecule has 2 aliphatic heterocycles. The van der Waals surface area contributed by atoms with Crippen LogP contribution in [0.15, 0.2) is 103 Å². The van der Waals surface area contributed by atoms with E-state index in [0.29, 0.717) is 22.6 Å². The van der Waals surface area contributed by atoms with Gasteiger partial charge in [0, 0.05) is 32.9 Å². The SMILES string of the molecule is C.CNC(=O)CCC(=O)O[C@@H]1C[C@@H](COC(c2ccccc2)(c2ccc(OC)cc2)c2ccc(OC)cc2)N(C(=O)CCN2C(=O)c3ccccc3C2=O)C1. The molecule has 2 heterocycles. The molecule has 6 rings (SSSR count). The minimum atomic E-state index is -1.17. The molecular weight excluding hydrogens is 702 g/mol. The molecule has 12 heteroatoms. The molecule has 1 fully saturated rings. The van der Waals surface area contributed by atoms with Crippen molar-refractivity contribution in [3.05, 3.63) is 131 Å². The second-order valence-corrected chi connectivity index (χ2v) is 13.1. The van der Waals surface area contributed by atoms with Gasteiger partial charge in [-0.1, -0.05) is 74.2 Å². The van der Waals surface area contributed by atoms with Crippen LogP contribution in [-0.2, 0) is 29.5 Å². The Labute approximate surface area is 321 Å². The highest BCUT2D eigenvalue weighted by Gasteiger charge is 2.43. The van der Waals surface area contributed by atoms with Gasteiger partial charge in [-0.3, -0.25) is 28.9 Å². The topological polar surface area (TPSA) is 141 Å². The zero-order chi connectivity index (χ0) is 38.2. The van der Waals surface area contributed by atoms with Crippen LogP contribution in [0, 0.1) is 0 Å². The number of amides is 4. The maximum atomic E-state index is 14.1. The summed E-state index contributed by atoms with van der Waals surface area (Å²) in [5, 5.41) is 2.49. The van der Waals surface area contributed by atoms with Crippen LogP contribution < -0.4 is 14.8 Å². The highest BCUT2D eigenvalue weighted by atomic mass is 16.5. The van der Waals surface area contributed by atoms with E-state index in [1.54, 1.807) is 43.4 Å². The fourth-order valence-corrected chi connectivity index (χ4v) is 7.10. The molecule has 0 radical (unpaired) electrons. The van der Waals surface area contributed by atoms with Crippen LogP contribution in [0.2, 0.25) is 0 Å². The van der Waals surface area contributed by atoms with Gasteiger partial charge in [0.05, 0.1) is 51.0 Å². The Bertz CT molecular complexity index is 1900. The summed E-state index contributed by atoms with van der Waals surface area (Å²) in [5.74, 6) is -0.728. The lowest BCUT2D eigenvalue weighted by atomic mass is 9.80. The predicted molar refractivity (Wildman–Crippen MR) is 205 cm³/mol. The number of hydrogen-bond acceptors (Lipinski definition) is 9. The fraction of sp³-hybridized carbons (Fsp3) is 0.326. The molecule has 0 unspecified atom stereocenters. The third kappa shape index (κ3) is 8.54. The lowest BCUT2D eigenvalue weighted by Gasteiger charge is -2.38. The number of methoxy groups -OCH3 is 2. The first-order valence-electron chi connectivity index (χ1n) is 17.8. The van der Waals surface area contributed by atoms with Crippen molar-refractivity contribution in [2.24, 2.45) is 0 Å². The van der Waals surface area contributed by atoms with Crippen molar-refractivity contribution in [2.75, 3.05) is 41.0 Å². The van der Waals surface area contributed by atoms with Gasteiger partial charge in [-0.25, -0.2) is 0 Å². The van der Waals surface area contributed by atoms with Gasteiger partial charge >= 0.3 is 5.97 Å². The van der Waals surface area contributed by atoms with Gasteiger partial charge in [0.2, 0.25) is 11.8 Å². The van der Waals surface area contributed by atoms with E-state index < -0.39 is 35.5 Å². The summed E-state index contributed by atoms with van der Waals surface area (Å²) in [6.07, 6.45) is -0.689. The van der Waals surface area contributed by atoms with Crippen molar-refractivity contribution in [3.63, 3.8) is 0 Å². The first-order valence-corrected chi connectivity index (χ1v) is 17.8. The molecule has 4 aromatic rings. The Hall–Kier alpha value is -6.01. The first-order chi connectivity index (χ1) is 26.2. The number of carbonyl (C=O) groups excluding carboxylic acids is 5. The van der Waals surface area contributed by atoms with Crippen molar-refractivity contribution in [2.45, 2.75) is 50.9 Å². The molecular formula is C43H47N3O9. The predicted octanol–water partition coefficient (Wildman–Crippen LogP) is 5.37. The molecule has 0 aromatic heterocycles. The van der Waals surface area contributed by atoms with E-state index >= 15 is 0 Å². The minimum absolute atomic E-state index is 0. The molecule has 2 aliphatic rings. The van der Waals surface area contributed by atoms with Crippen LogP contribution in [0.25, 0.3) is 0 Å². The van der Waals surface area contributed by atoms with E-state index in [1.807, 2.05) is 78.9 Å². The lowest BCUT2D eigenvalue weighted by Crippen LogP contribution is -2.43. The van der Waals surface area contributed by atoms with Gasteiger partial charge in [0.25, 0.3) is 11.8 Å². The number of nitrogens with zero attached hydrogens (tertiary/aromatic N) is 2. The molecule has 2 atom stereocenters. The maximum Gasteiger partial charge on any atom is 0.306 e. The van der Waals surface area contributed by atoms with Crippen molar-refractivity contribution < 1.29 is 42.9 Å². The monoisotopic (exact) mass is 749 g/mol. The number of imide groups is 1. The van der Waals surface area contributed by atoms with Gasteiger partial charge in [-0.05, 0) is 53.1 Å². The van der Waals surface area contributed by atoms with Crippen molar-refractivity contribution in [1.29, 1.82) is 0 Å². The van der Waals surface area contributed by atoms with Gasteiger partial charge in [-0.2, -0.15) is 0 Å². The second-order valence-electron chi connectivity index (χ2n) is 13.1. The summed E-state index contributed by atoms with van der Waals surface area (Å²) in [7, 11) is 4.69. The smallest absolute Gasteiger partial charge is 0.306 e. The normalized spacial score (nSPS) is 16.3. The average Bonchev–Trinajstić information content (AvgIpc) is 3.73. The van der Waals surface area contributed by atoms with Crippen LogP contribution in [0.3, 0.4) is 0 Å². The molecule has 288 valence electrons. The van der Waals surface area contributed by atoms with E-state index in [2.05, 4.69) is 5.32 Å². The Morgan fingerprint density at radius 3 is 1.78 bits per heavy atom. The Morgan fingerprint density at radius 1 is 0.727 bits per heavy atom. The van der Waals surface area contributed by atoms with Gasteiger partial charge in [-0.15, -0.1) is 0 Å². The van der Waals surface area contributed by atoms with Crippen molar-refractivity contribution in [3.8, 4) is 11.5 Å². The zero-order valence-electron chi connectivity index (χ0n) is 30.5. The van der Waals surface area contributed by atoms with Crippen LogP contribution in [0.1, 0.15) is 70.5 Å². The molecule has 4 amide bonds. The molecule has 12 nitrogen and oxygen atoms in total. The number of carbonyl (C=O) groups is 5. The summed E-state index contributed by atoms with van der Waals surface area (Å²) >= 11 is 0. The number of rotatable bonds is 15. The summed E-state index contributed by atoms with van der Waals surface area (Å²) in [6, 6.07) is 30.9. The molecule has 0 aliphatic carbocycles. The number of likely N-dealkylation sites (tertiary alicyclic amines) is 1. The molecule has 1 saturated heterocycles. The summed E-state index contributed by atoms with van der Waals surface area (Å²) in [5.41, 5.74) is 1.88. The average molecular weight is 750 g/mol. The summed E-state index contributed by atoms with van der Waals surface area (Å²) < 4.78 is 23.8. The Kier molecular flexibility index (Phi) is 13.1. The van der Waals surface area contributed by atoms with E-state index in [1.165, 1.54) is 7.05 Å². The number of benzene rings is 4. The fourth-order valence-electron chi connectivity index (χ4n) is 7.10. The van der Waals surface area contributed by atoms with Gasteiger partial charge in [0.1, 0.15) is 23.2 Å². The van der Waals surface area contributed by atoms with Crippen LogP contribution in [0.5, 0.6) is 11.5 Å². The zero-order valence-corrected chi connectivity index (χ0v) is 30.5. The third-order valence-electron chi connectivity index (χ3n) is 9.92. The first kappa shape index (κ1) is 40.2.